The molecule has 0 unspecified atom stereocenters. The molecule has 1 rings (SSSR count). The molecule has 1 atom stereocenters. The lowest BCUT2D eigenvalue weighted by Gasteiger charge is -2.23. The van der Waals surface area contributed by atoms with E-state index in [9.17, 15) is 0 Å². The molecule has 14 heavy (non-hydrogen) atoms. The van der Waals surface area contributed by atoms with Crippen molar-refractivity contribution in [3.8, 4) is 0 Å². The van der Waals surface area contributed by atoms with Gasteiger partial charge in [0.05, 0.1) is 0 Å². The summed E-state index contributed by atoms with van der Waals surface area (Å²) in [4.78, 5) is 0. The minimum Gasteiger partial charge on any atom is -0.382 e. The van der Waals surface area contributed by atoms with Gasteiger partial charge in [0.2, 0.25) is 0 Å². The van der Waals surface area contributed by atoms with Gasteiger partial charge in [-0.1, -0.05) is 39.0 Å². The predicted molar refractivity (Wildman–Crippen MR) is 63.7 cm³/mol. The van der Waals surface area contributed by atoms with Crippen molar-refractivity contribution < 1.29 is 0 Å². The summed E-state index contributed by atoms with van der Waals surface area (Å²) in [6, 6.07) is 9.05. The highest BCUT2D eigenvalue weighted by Crippen LogP contribution is 2.18. The van der Waals surface area contributed by atoms with Crippen molar-refractivity contribution in [3.05, 3.63) is 29.8 Å². The Hall–Kier alpha value is -0.980. The van der Waals surface area contributed by atoms with Gasteiger partial charge in [0.15, 0.2) is 0 Å². The number of rotatable bonds is 4. The van der Waals surface area contributed by atoms with E-state index in [1.807, 2.05) is 0 Å². The fourth-order valence-corrected chi connectivity index (χ4v) is 1.67. The average molecular weight is 191 g/mol. The summed E-state index contributed by atoms with van der Waals surface area (Å²) in [6.07, 6.45) is 1.17. The molecule has 1 nitrogen and oxygen atoms in total. The molecule has 1 N–H and O–H groups in total. The lowest BCUT2D eigenvalue weighted by atomic mass is 10.0. The van der Waals surface area contributed by atoms with Crippen LogP contribution in [0.25, 0.3) is 0 Å². The highest BCUT2D eigenvalue weighted by atomic mass is 14.9. The smallest absolute Gasteiger partial charge is 0.0372 e. The zero-order chi connectivity index (χ0) is 10.6. The maximum atomic E-state index is 3.60. The Morgan fingerprint density at radius 1 is 1.21 bits per heavy atom. The van der Waals surface area contributed by atoms with Crippen molar-refractivity contribution in [1.29, 1.82) is 0 Å². The molecule has 78 valence electrons. The van der Waals surface area contributed by atoms with E-state index in [1.165, 1.54) is 17.7 Å². The second kappa shape index (κ2) is 5.04. The summed E-state index contributed by atoms with van der Waals surface area (Å²) in [5.74, 6) is 0.680. The quantitative estimate of drug-likeness (QED) is 0.762. The van der Waals surface area contributed by atoms with Crippen LogP contribution >= 0.6 is 0 Å². The third-order valence-corrected chi connectivity index (χ3v) is 2.73. The first-order valence-electron chi connectivity index (χ1n) is 5.47. The molecule has 0 aliphatic heterocycles. The molecular weight excluding hydrogens is 170 g/mol. The largest absolute Gasteiger partial charge is 0.382 e. The molecule has 0 heterocycles. The van der Waals surface area contributed by atoms with E-state index in [2.05, 4.69) is 57.3 Å². The lowest BCUT2D eigenvalue weighted by Crippen LogP contribution is -2.24. The summed E-state index contributed by atoms with van der Waals surface area (Å²) in [5, 5.41) is 3.60. The van der Waals surface area contributed by atoms with Crippen LogP contribution < -0.4 is 5.32 Å². The van der Waals surface area contributed by atoms with Crippen molar-refractivity contribution in [3.63, 3.8) is 0 Å². The van der Waals surface area contributed by atoms with E-state index in [0.29, 0.717) is 12.0 Å². The second-order valence-corrected chi connectivity index (χ2v) is 4.22. The Kier molecular flexibility index (Phi) is 3.99. The summed E-state index contributed by atoms with van der Waals surface area (Å²) in [5.41, 5.74) is 2.60. The molecule has 0 fully saturated rings. The first-order chi connectivity index (χ1) is 6.65. The molecule has 0 aliphatic rings. The molecule has 0 spiro atoms. The molecule has 0 amide bonds. The van der Waals surface area contributed by atoms with Crippen molar-refractivity contribution in [1.82, 2.24) is 0 Å². The molecule has 0 radical (unpaired) electrons. The van der Waals surface area contributed by atoms with E-state index in [1.54, 1.807) is 0 Å². The maximum Gasteiger partial charge on any atom is 0.0372 e. The van der Waals surface area contributed by atoms with Crippen LogP contribution in [-0.2, 0) is 0 Å². The highest BCUT2D eigenvalue weighted by molar-refractivity contribution is 5.50. The Labute approximate surface area is 87.5 Å². The summed E-state index contributed by atoms with van der Waals surface area (Å²) in [7, 11) is 0. The van der Waals surface area contributed by atoms with Crippen molar-refractivity contribution in [2.45, 2.75) is 40.2 Å². The predicted octanol–water partition coefficient (Wildman–Crippen LogP) is 3.84. The molecule has 1 heteroatoms. The number of nitrogens with one attached hydrogen (secondary N) is 1. The van der Waals surface area contributed by atoms with E-state index < -0.39 is 0 Å². The SMILES string of the molecule is CC[C@@H](Nc1ccccc1C)C(C)C. The van der Waals surface area contributed by atoms with Gasteiger partial charge >= 0.3 is 0 Å². The van der Waals surface area contributed by atoms with E-state index >= 15 is 0 Å². The van der Waals surface area contributed by atoms with Crippen LogP contribution in [0.2, 0.25) is 0 Å². The van der Waals surface area contributed by atoms with Crippen LogP contribution in [0.3, 0.4) is 0 Å². The number of anilines is 1. The van der Waals surface area contributed by atoms with Gasteiger partial charge in [0.1, 0.15) is 0 Å². The summed E-state index contributed by atoms with van der Waals surface area (Å²) >= 11 is 0. The maximum absolute atomic E-state index is 3.60. The van der Waals surface area contributed by atoms with Crippen LogP contribution in [0.4, 0.5) is 5.69 Å². The van der Waals surface area contributed by atoms with Gasteiger partial charge in [0.25, 0.3) is 0 Å². The van der Waals surface area contributed by atoms with Crippen LogP contribution in [0.5, 0.6) is 0 Å². The van der Waals surface area contributed by atoms with Crippen LogP contribution in [-0.4, -0.2) is 6.04 Å². The molecule has 0 saturated heterocycles. The highest BCUT2D eigenvalue weighted by Gasteiger charge is 2.10. The van der Waals surface area contributed by atoms with Gasteiger partial charge in [-0.3, -0.25) is 0 Å². The van der Waals surface area contributed by atoms with Crippen molar-refractivity contribution in [2.75, 3.05) is 5.32 Å². The van der Waals surface area contributed by atoms with E-state index in [-0.39, 0.29) is 0 Å². The fraction of sp³-hybridized carbons (Fsp3) is 0.538. The third kappa shape index (κ3) is 2.76. The van der Waals surface area contributed by atoms with Gasteiger partial charge < -0.3 is 5.32 Å². The molecule has 0 aromatic heterocycles. The van der Waals surface area contributed by atoms with Crippen molar-refractivity contribution >= 4 is 5.69 Å². The van der Waals surface area contributed by atoms with E-state index in [0.717, 1.165) is 0 Å². The first kappa shape index (κ1) is 11.1. The Bertz CT molecular complexity index is 278. The van der Waals surface area contributed by atoms with Gasteiger partial charge in [-0.25, -0.2) is 0 Å². The Balaban J connectivity index is 2.72. The van der Waals surface area contributed by atoms with Gasteiger partial charge in [0, 0.05) is 11.7 Å². The minimum absolute atomic E-state index is 0.580. The molecule has 0 aliphatic carbocycles. The summed E-state index contributed by atoms with van der Waals surface area (Å²) in [6.45, 7) is 8.91. The molecule has 1 aromatic carbocycles. The summed E-state index contributed by atoms with van der Waals surface area (Å²) < 4.78 is 0. The molecule has 0 bridgehead atoms. The standard InChI is InChI=1S/C13H21N/c1-5-12(10(2)3)14-13-9-7-6-8-11(13)4/h6-10,12,14H,5H2,1-4H3/t12-/m1/s1. The third-order valence-electron chi connectivity index (χ3n) is 2.73. The molecular formula is C13H21N. The van der Waals surface area contributed by atoms with Crippen LogP contribution in [0.15, 0.2) is 24.3 Å². The zero-order valence-electron chi connectivity index (χ0n) is 9.67. The lowest BCUT2D eigenvalue weighted by molar-refractivity contribution is 0.511. The van der Waals surface area contributed by atoms with Gasteiger partial charge in [-0.05, 0) is 30.9 Å². The molecule has 0 saturated carbocycles. The molecule has 1 aromatic rings. The topological polar surface area (TPSA) is 12.0 Å². The van der Waals surface area contributed by atoms with Crippen LogP contribution in [0, 0.1) is 12.8 Å². The zero-order valence-corrected chi connectivity index (χ0v) is 9.67. The second-order valence-electron chi connectivity index (χ2n) is 4.22. The normalized spacial score (nSPS) is 12.9. The van der Waals surface area contributed by atoms with Crippen LogP contribution in [0.1, 0.15) is 32.8 Å². The van der Waals surface area contributed by atoms with E-state index in [4.69, 9.17) is 0 Å². The minimum atomic E-state index is 0.580. The Morgan fingerprint density at radius 3 is 2.36 bits per heavy atom. The average Bonchev–Trinajstić information content (AvgIpc) is 2.16. The number of aryl methyl sites for hydroxylation is 1. The number of para-hydroxylation sites is 1. The number of hydrogen-bond donors (Lipinski definition) is 1. The number of benzene rings is 1. The van der Waals surface area contributed by atoms with Crippen molar-refractivity contribution in [2.24, 2.45) is 5.92 Å². The monoisotopic (exact) mass is 191 g/mol. The van der Waals surface area contributed by atoms with Gasteiger partial charge in [-0.2, -0.15) is 0 Å². The first-order valence-corrected chi connectivity index (χ1v) is 5.47. The fourth-order valence-electron chi connectivity index (χ4n) is 1.67. The Morgan fingerprint density at radius 2 is 1.86 bits per heavy atom. The number of hydrogen-bond acceptors (Lipinski definition) is 1. The van der Waals surface area contributed by atoms with Gasteiger partial charge in [-0.15, -0.1) is 0 Å².